The molecule has 0 N–H and O–H groups in total. The zero-order valence-electron chi connectivity index (χ0n) is 25.9. The number of para-hydroxylation sites is 1. The van der Waals surface area contributed by atoms with Gasteiger partial charge in [0.2, 0.25) is 0 Å². The van der Waals surface area contributed by atoms with E-state index >= 15 is 0 Å². The second-order valence-electron chi connectivity index (χ2n) is 13.0. The van der Waals surface area contributed by atoms with Crippen molar-refractivity contribution in [1.29, 1.82) is 0 Å². The lowest BCUT2D eigenvalue weighted by Gasteiger charge is -2.30. The molecule has 0 amide bonds. The molecule has 0 atom stereocenters. The zero-order valence-corrected chi connectivity index (χ0v) is 25.9. The summed E-state index contributed by atoms with van der Waals surface area (Å²) in [6, 6.07) is 57.4. The van der Waals surface area contributed by atoms with Crippen molar-refractivity contribution < 1.29 is 4.42 Å². The van der Waals surface area contributed by atoms with Gasteiger partial charge in [-0.25, -0.2) is 0 Å². The van der Waals surface area contributed by atoms with Crippen molar-refractivity contribution in [2.24, 2.45) is 0 Å². The van der Waals surface area contributed by atoms with Crippen LogP contribution < -0.4 is 0 Å². The van der Waals surface area contributed by atoms with Crippen LogP contribution in [0.3, 0.4) is 0 Å². The molecule has 0 saturated heterocycles. The number of aromatic nitrogens is 1. The first-order valence-electron chi connectivity index (χ1n) is 16.5. The molecule has 222 valence electrons. The normalized spacial score (nSPS) is 13.6. The van der Waals surface area contributed by atoms with Gasteiger partial charge in [0.25, 0.3) is 0 Å². The Morgan fingerprint density at radius 1 is 0.417 bits per heavy atom. The van der Waals surface area contributed by atoms with Gasteiger partial charge in [0, 0.05) is 27.9 Å². The molecule has 2 aliphatic rings. The van der Waals surface area contributed by atoms with Crippen molar-refractivity contribution in [1.82, 2.24) is 4.98 Å². The van der Waals surface area contributed by atoms with Crippen molar-refractivity contribution >= 4 is 32.8 Å². The average molecular weight is 610 g/mol. The Labute approximate surface area is 277 Å². The monoisotopic (exact) mass is 609 g/mol. The predicted molar refractivity (Wildman–Crippen MR) is 196 cm³/mol. The summed E-state index contributed by atoms with van der Waals surface area (Å²) in [5, 5.41) is 3.45. The second kappa shape index (κ2) is 9.40. The topological polar surface area (TPSA) is 26.0 Å². The zero-order chi connectivity index (χ0) is 31.4. The molecule has 0 fully saturated rings. The van der Waals surface area contributed by atoms with Crippen LogP contribution in [0.4, 0.5) is 0 Å². The highest BCUT2D eigenvalue weighted by Gasteiger charge is 2.51. The molecule has 2 aliphatic carbocycles. The van der Waals surface area contributed by atoms with Crippen LogP contribution in [0, 0.1) is 0 Å². The van der Waals surface area contributed by atoms with Crippen molar-refractivity contribution in [3.63, 3.8) is 0 Å². The summed E-state index contributed by atoms with van der Waals surface area (Å²) in [7, 11) is 0. The van der Waals surface area contributed by atoms with Crippen LogP contribution in [-0.2, 0) is 5.41 Å². The summed E-state index contributed by atoms with van der Waals surface area (Å²) in [5.41, 5.74) is 17.6. The van der Waals surface area contributed by atoms with Crippen molar-refractivity contribution in [2.75, 3.05) is 0 Å². The van der Waals surface area contributed by atoms with E-state index in [0.29, 0.717) is 0 Å². The lowest BCUT2D eigenvalue weighted by atomic mass is 9.70. The Hall–Kier alpha value is -6.25. The first-order chi connectivity index (χ1) is 23.8. The Kier molecular flexibility index (Phi) is 5.07. The molecular formula is C46H27NO. The molecule has 0 saturated carbocycles. The van der Waals surface area contributed by atoms with Crippen molar-refractivity contribution in [3.8, 4) is 44.5 Å². The molecule has 48 heavy (non-hydrogen) atoms. The van der Waals surface area contributed by atoms with Crippen LogP contribution in [0.1, 0.15) is 22.3 Å². The van der Waals surface area contributed by atoms with Crippen LogP contribution in [0.2, 0.25) is 0 Å². The molecule has 1 spiro atoms. The minimum atomic E-state index is -0.387. The highest BCUT2D eigenvalue weighted by molar-refractivity contribution is 6.14. The molecule has 0 aliphatic heterocycles. The molecule has 2 heteroatoms. The largest absolute Gasteiger partial charge is 0.456 e. The van der Waals surface area contributed by atoms with Gasteiger partial charge in [0.05, 0.1) is 10.9 Å². The maximum absolute atomic E-state index is 6.75. The summed E-state index contributed by atoms with van der Waals surface area (Å²) in [6.45, 7) is 0. The minimum absolute atomic E-state index is 0.387. The standard InChI is InChI=1S/C46H27NO/c1-4-17-38-33(12-1)34-13-2-5-18-39(34)46(38)40-19-6-3-14-35(40)36-26-37-43(27-41(36)46)48-42-20-8-15-31(44(37)42)28-21-23-29(24-22-28)32-16-7-10-30-11-9-25-47-45(30)32/h1-27H. The number of benzene rings is 7. The highest BCUT2D eigenvalue weighted by atomic mass is 16.3. The van der Waals surface area contributed by atoms with Crippen LogP contribution in [0.5, 0.6) is 0 Å². The van der Waals surface area contributed by atoms with E-state index in [1.165, 1.54) is 50.1 Å². The van der Waals surface area contributed by atoms with Gasteiger partial charge >= 0.3 is 0 Å². The maximum atomic E-state index is 6.75. The first-order valence-corrected chi connectivity index (χ1v) is 16.5. The van der Waals surface area contributed by atoms with Crippen LogP contribution in [0.15, 0.2) is 168 Å². The van der Waals surface area contributed by atoms with Gasteiger partial charge < -0.3 is 4.42 Å². The number of hydrogen-bond donors (Lipinski definition) is 0. The van der Waals surface area contributed by atoms with E-state index in [9.17, 15) is 0 Å². The predicted octanol–water partition coefficient (Wildman–Crippen LogP) is 11.8. The Morgan fingerprint density at radius 3 is 1.69 bits per heavy atom. The van der Waals surface area contributed by atoms with Gasteiger partial charge in [-0.15, -0.1) is 0 Å². The molecule has 2 heterocycles. The van der Waals surface area contributed by atoms with Gasteiger partial charge in [0.1, 0.15) is 11.2 Å². The highest BCUT2D eigenvalue weighted by Crippen LogP contribution is 2.63. The third kappa shape index (κ3) is 3.24. The molecule has 0 bridgehead atoms. The second-order valence-corrected chi connectivity index (χ2v) is 13.0. The number of rotatable bonds is 2. The van der Waals surface area contributed by atoms with Gasteiger partial charge in [-0.2, -0.15) is 0 Å². The van der Waals surface area contributed by atoms with Gasteiger partial charge in [-0.3, -0.25) is 4.98 Å². The summed E-state index contributed by atoms with van der Waals surface area (Å²) < 4.78 is 6.75. The first kappa shape index (κ1) is 25.9. The average Bonchev–Trinajstić information content (AvgIpc) is 3.77. The number of fused-ring (bicyclic) bond motifs is 14. The molecular weight excluding hydrogens is 583 g/mol. The van der Waals surface area contributed by atoms with E-state index in [2.05, 4.69) is 157 Å². The summed E-state index contributed by atoms with van der Waals surface area (Å²) >= 11 is 0. The fourth-order valence-corrected chi connectivity index (χ4v) is 8.82. The molecule has 2 aromatic heterocycles. The third-order valence-electron chi connectivity index (χ3n) is 10.8. The molecule has 0 unspecified atom stereocenters. The maximum Gasteiger partial charge on any atom is 0.136 e. The van der Waals surface area contributed by atoms with Crippen molar-refractivity contribution in [3.05, 3.63) is 186 Å². The van der Waals surface area contributed by atoms with E-state index in [4.69, 9.17) is 4.42 Å². The number of nitrogens with zero attached hydrogens (tertiary/aromatic N) is 1. The molecule has 9 aromatic rings. The smallest absolute Gasteiger partial charge is 0.136 e. The van der Waals surface area contributed by atoms with E-state index < -0.39 is 0 Å². The van der Waals surface area contributed by atoms with Crippen LogP contribution >= 0.6 is 0 Å². The Morgan fingerprint density at radius 2 is 0.979 bits per heavy atom. The van der Waals surface area contributed by atoms with Crippen LogP contribution in [-0.4, -0.2) is 4.98 Å². The fraction of sp³-hybridized carbons (Fsp3) is 0.0217. The van der Waals surface area contributed by atoms with E-state index in [0.717, 1.165) is 49.5 Å². The van der Waals surface area contributed by atoms with Crippen molar-refractivity contribution in [2.45, 2.75) is 5.41 Å². The Balaban J connectivity index is 1.14. The third-order valence-corrected chi connectivity index (χ3v) is 10.8. The minimum Gasteiger partial charge on any atom is -0.456 e. The van der Waals surface area contributed by atoms with Crippen LogP contribution in [0.25, 0.3) is 77.3 Å². The molecule has 2 nitrogen and oxygen atoms in total. The van der Waals surface area contributed by atoms with E-state index in [1.807, 2.05) is 12.3 Å². The Bertz CT molecular complexity index is 2730. The summed E-state index contributed by atoms with van der Waals surface area (Å²) in [5.74, 6) is 0. The van der Waals surface area contributed by atoms with E-state index in [-0.39, 0.29) is 5.41 Å². The SMILES string of the molecule is c1ccc2c(c1)-c1ccccc1C21c2ccccc2-c2cc3c(cc21)oc1cccc(-c2ccc(-c4cccc5cccnc45)cc2)c13. The molecule has 11 rings (SSSR count). The summed E-state index contributed by atoms with van der Waals surface area (Å²) in [4.78, 5) is 4.69. The lowest BCUT2D eigenvalue weighted by molar-refractivity contribution is 0.666. The molecule has 7 aromatic carbocycles. The van der Waals surface area contributed by atoms with Gasteiger partial charge in [-0.05, 0) is 85.5 Å². The van der Waals surface area contributed by atoms with Gasteiger partial charge in [-0.1, -0.05) is 133 Å². The quantitative estimate of drug-likeness (QED) is 0.195. The fourth-order valence-electron chi connectivity index (χ4n) is 8.82. The lowest BCUT2D eigenvalue weighted by Crippen LogP contribution is -2.25. The summed E-state index contributed by atoms with van der Waals surface area (Å²) in [6.07, 6.45) is 1.87. The number of hydrogen-bond acceptors (Lipinski definition) is 2. The molecule has 0 radical (unpaired) electrons. The number of pyridine rings is 1. The number of furan rings is 1. The van der Waals surface area contributed by atoms with Gasteiger partial charge in [0.15, 0.2) is 0 Å². The van der Waals surface area contributed by atoms with E-state index in [1.54, 1.807) is 0 Å².